The van der Waals surface area contributed by atoms with Gasteiger partial charge in [-0.05, 0) is 17.2 Å². The summed E-state index contributed by atoms with van der Waals surface area (Å²) in [5.41, 5.74) is 4.52. The smallest absolute Gasteiger partial charge is 0.221 e. The average Bonchev–Trinajstić information content (AvgIpc) is 2.78. The van der Waals surface area contributed by atoms with Gasteiger partial charge in [0.2, 0.25) is 17.7 Å². The van der Waals surface area contributed by atoms with E-state index in [4.69, 9.17) is 0 Å². The summed E-state index contributed by atoms with van der Waals surface area (Å²) in [6.07, 6.45) is 7.47. The summed E-state index contributed by atoms with van der Waals surface area (Å²) in [6, 6.07) is 21.1. The van der Waals surface area contributed by atoms with Gasteiger partial charge in [-0.2, -0.15) is 0 Å². The van der Waals surface area contributed by atoms with E-state index in [0.29, 0.717) is 28.2 Å². The van der Waals surface area contributed by atoms with E-state index in [9.17, 15) is 14.4 Å². The van der Waals surface area contributed by atoms with Crippen molar-refractivity contribution in [2.45, 2.75) is 20.8 Å². The highest BCUT2D eigenvalue weighted by atomic mass is 16.2. The van der Waals surface area contributed by atoms with E-state index in [1.165, 1.54) is 20.8 Å². The second-order valence-electron chi connectivity index (χ2n) is 7.71. The zero-order valence-electron chi connectivity index (χ0n) is 19.4. The first kappa shape index (κ1) is 24.2. The molecule has 3 amide bonds. The Bertz CT molecular complexity index is 1160. The highest BCUT2D eigenvalue weighted by Crippen LogP contribution is 2.38. The summed E-state index contributed by atoms with van der Waals surface area (Å²) in [4.78, 5) is 36.2. The molecule has 0 aromatic heterocycles. The number of hydrogen-bond donors (Lipinski definition) is 3. The first-order valence-corrected chi connectivity index (χ1v) is 10.8. The van der Waals surface area contributed by atoms with Gasteiger partial charge in [0.25, 0.3) is 0 Å². The minimum atomic E-state index is -0.280. The molecule has 0 saturated carbocycles. The molecule has 3 aromatic rings. The maximum Gasteiger partial charge on any atom is 0.221 e. The molecule has 0 saturated heterocycles. The molecule has 34 heavy (non-hydrogen) atoms. The van der Waals surface area contributed by atoms with E-state index in [1.54, 1.807) is 6.07 Å². The van der Waals surface area contributed by atoms with Gasteiger partial charge in [0.1, 0.15) is 0 Å². The number of nitrogens with one attached hydrogen (secondary N) is 3. The van der Waals surface area contributed by atoms with Gasteiger partial charge in [0.15, 0.2) is 0 Å². The van der Waals surface area contributed by atoms with Crippen molar-refractivity contribution in [3.63, 3.8) is 0 Å². The van der Waals surface area contributed by atoms with Gasteiger partial charge >= 0.3 is 0 Å². The minimum absolute atomic E-state index is 0.274. The number of hydrogen-bond acceptors (Lipinski definition) is 3. The van der Waals surface area contributed by atoms with Crippen molar-refractivity contribution in [1.29, 1.82) is 0 Å². The van der Waals surface area contributed by atoms with Crippen LogP contribution in [0.15, 0.2) is 66.7 Å². The summed E-state index contributed by atoms with van der Waals surface area (Å²) >= 11 is 0. The fourth-order valence-corrected chi connectivity index (χ4v) is 3.44. The maximum absolute atomic E-state index is 12.2. The van der Waals surface area contributed by atoms with Crippen molar-refractivity contribution in [2.75, 3.05) is 16.0 Å². The zero-order chi connectivity index (χ0) is 24.5. The topological polar surface area (TPSA) is 87.3 Å². The molecule has 0 spiro atoms. The number of benzene rings is 3. The van der Waals surface area contributed by atoms with Gasteiger partial charge in [-0.15, -0.1) is 0 Å². The molecule has 172 valence electrons. The van der Waals surface area contributed by atoms with Crippen LogP contribution in [0.4, 0.5) is 17.1 Å². The van der Waals surface area contributed by atoms with E-state index >= 15 is 0 Å². The van der Waals surface area contributed by atoms with Gasteiger partial charge < -0.3 is 16.0 Å². The molecule has 6 nitrogen and oxygen atoms in total. The summed E-state index contributed by atoms with van der Waals surface area (Å²) in [5.74, 6) is -0.827. The Morgan fingerprint density at radius 1 is 0.559 bits per heavy atom. The van der Waals surface area contributed by atoms with Gasteiger partial charge in [-0.3, -0.25) is 14.4 Å². The van der Waals surface area contributed by atoms with Crippen LogP contribution >= 0.6 is 0 Å². The lowest BCUT2D eigenvalue weighted by Crippen LogP contribution is -2.15. The SMILES string of the molecule is CC(=O)Nc1cc(NC(C)=O)c(C=Cc2ccccc2)c(NC(C)=O)c1C=Cc1ccccc1. The quantitative estimate of drug-likeness (QED) is 0.389. The Balaban J connectivity index is 2.27. The number of carbonyl (C=O) groups excluding carboxylic acids is 3. The molecule has 6 heteroatoms. The molecule has 0 bridgehead atoms. The fraction of sp³-hybridized carbons (Fsp3) is 0.107. The normalized spacial score (nSPS) is 10.9. The fourth-order valence-electron chi connectivity index (χ4n) is 3.44. The summed E-state index contributed by atoms with van der Waals surface area (Å²) in [5, 5.41) is 8.54. The summed E-state index contributed by atoms with van der Waals surface area (Å²) in [6.45, 7) is 4.23. The van der Waals surface area contributed by atoms with E-state index in [2.05, 4.69) is 16.0 Å². The minimum Gasteiger partial charge on any atom is -0.326 e. The van der Waals surface area contributed by atoms with E-state index in [-0.39, 0.29) is 17.7 Å². The maximum atomic E-state index is 12.2. The average molecular weight is 454 g/mol. The second-order valence-corrected chi connectivity index (χ2v) is 7.71. The standard InChI is InChI=1S/C28H27N3O3/c1-19(32)29-26-18-27(30-20(2)33)25(17-15-23-12-8-5-9-13-23)28(31-21(3)34)24(26)16-14-22-10-6-4-7-11-22/h4-18H,1-3H3,(H,29,32)(H,30,33)(H,31,34). The monoisotopic (exact) mass is 453 g/mol. The number of anilines is 3. The van der Waals surface area contributed by atoms with Crippen LogP contribution in [0, 0.1) is 0 Å². The molecule has 0 fully saturated rings. The number of rotatable bonds is 7. The lowest BCUT2D eigenvalue weighted by Gasteiger charge is -2.20. The third kappa shape index (κ3) is 6.77. The molecule has 0 heterocycles. The molecule has 0 aliphatic heterocycles. The Kier molecular flexibility index (Phi) is 8.13. The second kappa shape index (κ2) is 11.4. The molecule has 0 unspecified atom stereocenters. The summed E-state index contributed by atoms with van der Waals surface area (Å²) in [7, 11) is 0. The van der Waals surface area contributed by atoms with Crippen molar-refractivity contribution >= 4 is 59.1 Å². The Labute approximate surface area is 199 Å². The molecular formula is C28H27N3O3. The van der Waals surface area contributed by atoms with Crippen LogP contribution in [0.3, 0.4) is 0 Å². The highest BCUT2D eigenvalue weighted by Gasteiger charge is 2.18. The molecule has 3 aromatic carbocycles. The third-order valence-corrected chi connectivity index (χ3v) is 4.81. The Hall–Kier alpha value is -4.45. The molecule has 0 aliphatic rings. The van der Waals surface area contributed by atoms with Crippen LogP contribution in [0.2, 0.25) is 0 Å². The van der Waals surface area contributed by atoms with Crippen molar-refractivity contribution in [1.82, 2.24) is 0 Å². The molecule has 3 N–H and O–H groups in total. The predicted molar refractivity (Wildman–Crippen MR) is 140 cm³/mol. The number of amides is 3. The van der Waals surface area contributed by atoms with Crippen molar-refractivity contribution in [3.05, 3.63) is 89.0 Å². The molecule has 3 rings (SSSR count). The van der Waals surface area contributed by atoms with Gasteiger partial charge in [-0.1, -0.05) is 85.0 Å². The first-order chi connectivity index (χ1) is 16.3. The van der Waals surface area contributed by atoms with E-state index < -0.39 is 0 Å². The number of carbonyl (C=O) groups is 3. The van der Waals surface area contributed by atoms with Crippen LogP contribution in [0.5, 0.6) is 0 Å². The van der Waals surface area contributed by atoms with Crippen molar-refractivity contribution < 1.29 is 14.4 Å². The van der Waals surface area contributed by atoms with E-state index in [0.717, 1.165) is 11.1 Å². The van der Waals surface area contributed by atoms with Crippen LogP contribution in [-0.2, 0) is 14.4 Å². The Morgan fingerprint density at radius 2 is 0.941 bits per heavy atom. The van der Waals surface area contributed by atoms with Crippen LogP contribution in [0.25, 0.3) is 24.3 Å². The zero-order valence-corrected chi connectivity index (χ0v) is 19.4. The predicted octanol–water partition coefficient (Wildman–Crippen LogP) is 5.90. The third-order valence-electron chi connectivity index (χ3n) is 4.81. The molecule has 0 radical (unpaired) electrons. The molecule has 0 atom stereocenters. The van der Waals surface area contributed by atoms with Gasteiger partial charge in [0.05, 0.1) is 17.1 Å². The summed E-state index contributed by atoms with van der Waals surface area (Å²) < 4.78 is 0. The van der Waals surface area contributed by atoms with Gasteiger partial charge in [-0.25, -0.2) is 0 Å². The molecule has 0 aliphatic carbocycles. The van der Waals surface area contributed by atoms with Crippen LogP contribution in [0.1, 0.15) is 43.0 Å². The Morgan fingerprint density at radius 3 is 1.29 bits per heavy atom. The van der Waals surface area contributed by atoms with Crippen LogP contribution < -0.4 is 16.0 Å². The largest absolute Gasteiger partial charge is 0.326 e. The van der Waals surface area contributed by atoms with Crippen molar-refractivity contribution in [3.8, 4) is 0 Å². The lowest BCUT2D eigenvalue weighted by molar-refractivity contribution is -0.115. The van der Waals surface area contributed by atoms with E-state index in [1.807, 2.05) is 85.0 Å². The van der Waals surface area contributed by atoms with Crippen LogP contribution in [-0.4, -0.2) is 17.7 Å². The molecular weight excluding hydrogens is 426 g/mol. The highest BCUT2D eigenvalue weighted by molar-refractivity contribution is 6.06. The lowest BCUT2D eigenvalue weighted by atomic mass is 9.99. The first-order valence-electron chi connectivity index (χ1n) is 10.8. The van der Waals surface area contributed by atoms with Crippen molar-refractivity contribution in [2.24, 2.45) is 0 Å². The van der Waals surface area contributed by atoms with Gasteiger partial charge in [0, 0.05) is 31.9 Å².